The molecule has 0 radical (unpaired) electrons. The standard InChI is InChI=1S/C22H21BrClN3O5/c1-5-31-22(29)12(2)32-20-14(8-16(24)10-19(20)30-4)11-25-27-13(3)26-18-7-6-15(23)9-17(18)21(27)28/h6-12H,5H2,1-4H3/t12-/m0/s1. The molecule has 10 heteroatoms. The van der Waals surface area contributed by atoms with Gasteiger partial charge in [0.1, 0.15) is 5.82 Å². The Balaban J connectivity index is 2.08. The number of ether oxygens (including phenoxy) is 3. The Labute approximate surface area is 197 Å². The molecule has 0 spiro atoms. The van der Waals surface area contributed by atoms with E-state index in [0.29, 0.717) is 33.1 Å². The Morgan fingerprint density at radius 1 is 1.34 bits per heavy atom. The van der Waals surface area contributed by atoms with E-state index in [1.165, 1.54) is 18.0 Å². The number of fused-ring (bicyclic) bond motifs is 1. The summed E-state index contributed by atoms with van der Waals surface area (Å²) in [4.78, 5) is 29.5. The van der Waals surface area contributed by atoms with Crippen LogP contribution in [-0.2, 0) is 9.53 Å². The quantitative estimate of drug-likeness (QED) is 0.339. The zero-order valence-corrected chi connectivity index (χ0v) is 20.2. The number of benzene rings is 2. The van der Waals surface area contributed by atoms with Crippen LogP contribution in [-0.4, -0.2) is 41.7 Å². The highest BCUT2D eigenvalue weighted by molar-refractivity contribution is 9.10. The molecule has 3 aromatic rings. The van der Waals surface area contributed by atoms with Gasteiger partial charge in [0.05, 0.1) is 30.8 Å². The van der Waals surface area contributed by atoms with E-state index in [9.17, 15) is 9.59 Å². The van der Waals surface area contributed by atoms with E-state index >= 15 is 0 Å². The first kappa shape index (κ1) is 23.7. The monoisotopic (exact) mass is 521 g/mol. The van der Waals surface area contributed by atoms with E-state index in [1.54, 1.807) is 45.0 Å². The van der Waals surface area contributed by atoms with Gasteiger partial charge in [-0.15, -0.1) is 0 Å². The van der Waals surface area contributed by atoms with Gasteiger partial charge in [-0.25, -0.2) is 9.78 Å². The molecule has 32 heavy (non-hydrogen) atoms. The molecular weight excluding hydrogens is 502 g/mol. The van der Waals surface area contributed by atoms with Gasteiger partial charge in [-0.3, -0.25) is 4.79 Å². The van der Waals surface area contributed by atoms with Gasteiger partial charge in [0, 0.05) is 21.1 Å². The van der Waals surface area contributed by atoms with E-state index in [2.05, 4.69) is 26.0 Å². The Morgan fingerprint density at radius 2 is 2.09 bits per heavy atom. The minimum absolute atomic E-state index is 0.228. The third-order valence-corrected chi connectivity index (χ3v) is 5.18. The number of aryl methyl sites for hydroxylation is 1. The van der Waals surface area contributed by atoms with Gasteiger partial charge in [-0.05, 0) is 45.0 Å². The molecule has 0 bridgehead atoms. The fourth-order valence-electron chi connectivity index (χ4n) is 2.96. The second-order valence-corrected chi connectivity index (χ2v) is 8.07. The fraction of sp³-hybridized carbons (Fsp3) is 0.273. The van der Waals surface area contributed by atoms with E-state index in [4.69, 9.17) is 25.8 Å². The summed E-state index contributed by atoms with van der Waals surface area (Å²) in [6.45, 7) is 5.18. The molecule has 0 amide bonds. The second-order valence-electron chi connectivity index (χ2n) is 6.72. The molecule has 0 aliphatic heterocycles. The molecular formula is C22H21BrClN3O5. The lowest BCUT2D eigenvalue weighted by Gasteiger charge is -2.18. The summed E-state index contributed by atoms with van der Waals surface area (Å²) in [7, 11) is 1.45. The largest absolute Gasteiger partial charge is 0.493 e. The average molecular weight is 523 g/mol. The highest BCUT2D eigenvalue weighted by Crippen LogP contribution is 2.34. The minimum Gasteiger partial charge on any atom is -0.493 e. The number of nitrogens with zero attached hydrogens (tertiary/aromatic N) is 3. The van der Waals surface area contributed by atoms with Crippen LogP contribution in [0.2, 0.25) is 5.02 Å². The van der Waals surface area contributed by atoms with Gasteiger partial charge in [0.15, 0.2) is 17.6 Å². The molecule has 0 aliphatic rings. The number of esters is 1. The molecule has 0 fully saturated rings. The van der Waals surface area contributed by atoms with E-state index < -0.39 is 12.1 Å². The summed E-state index contributed by atoms with van der Waals surface area (Å²) in [5.41, 5.74) is 0.645. The first-order valence-electron chi connectivity index (χ1n) is 9.69. The van der Waals surface area contributed by atoms with Crippen molar-refractivity contribution in [2.75, 3.05) is 13.7 Å². The number of carbonyl (C=O) groups excluding carboxylic acids is 1. The Bertz CT molecular complexity index is 1260. The predicted molar refractivity (Wildman–Crippen MR) is 126 cm³/mol. The fourth-order valence-corrected chi connectivity index (χ4v) is 3.54. The molecule has 0 saturated heterocycles. The second kappa shape index (κ2) is 10.1. The summed E-state index contributed by atoms with van der Waals surface area (Å²) in [6.07, 6.45) is 0.503. The zero-order valence-electron chi connectivity index (χ0n) is 17.9. The van der Waals surface area contributed by atoms with Crippen LogP contribution < -0.4 is 15.0 Å². The molecule has 0 N–H and O–H groups in total. The van der Waals surface area contributed by atoms with Gasteiger partial charge < -0.3 is 14.2 Å². The molecule has 1 aromatic heterocycles. The maximum atomic E-state index is 13.0. The summed E-state index contributed by atoms with van der Waals surface area (Å²) < 4.78 is 18.1. The van der Waals surface area contributed by atoms with Crippen LogP contribution in [0.5, 0.6) is 11.5 Å². The summed E-state index contributed by atoms with van der Waals surface area (Å²) in [5.74, 6) is 0.421. The minimum atomic E-state index is -0.902. The van der Waals surface area contributed by atoms with Gasteiger partial charge in [0.2, 0.25) is 0 Å². The van der Waals surface area contributed by atoms with E-state index in [1.807, 2.05) is 6.07 Å². The number of hydrogen-bond donors (Lipinski definition) is 0. The van der Waals surface area contributed by atoms with Crippen LogP contribution in [0.15, 0.2) is 44.7 Å². The Hall–Kier alpha value is -2.91. The van der Waals surface area contributed by atoms with Crippen molar-refractivity contribution in [1.29, 1.82) is 0 Å². The van der Waals surface area contributed by atoms with Crippen LogP contribution in [0, 0.1) is 6.92 Å². The van der Waals surface area contributed by atoms with Crippen molar-refractivity contribution in [3.8, 4) is 11.5 Å². The summed E-state index contributed by atoms with van der Waals surface area (Å²) in [5, 5.41) is 5.09. The molecule has 1 atom stereocenters. The number of carbonyl (C=O) groups is 1. The van der Waals surface area contributed by atoms with Gasteiger partial charge in [-0.1, -0.05) is 27.5 Å². The molecule has 3 rings (SSSR count). The first-order chi connectivity index (χ1) is 15.2. The Kier molecular flexibility index (Phi) is 7.52. The molecule has 2 aromatic carbocycles. The van der Waals surface area contributed by atoms with Crippen molar-refractivity contribution in [2.24, 2.45) is 5.10 Å². The van der Waals surface area contributed by atoms with Crippen LogP contribution >= 0.6 is 27.5 Å². The molecule has 0 unspecified atom stereocenters. The Morgan fingerprint density at radius 3 is 2.78 bits per heavy atom. The van der Waals surface area contributed by atoms with Crippen LogP contribution in [0.3, 0.4) is 0 Å². The van der Waals surface area contributed by atoms with E-state index in [-0.39, 0.29) is 17.9 Å². The average Bonchev–Trinajstić information content (AvgIpc) is 2.75. The highest BCUT2D eigenvalue weighted by atomic mass is 79.9. The van der Waals surface area contributed by atoms with E-state index in [0.717, 1.165) is 4.47 Å². The van der Waals surface area contributed by atoms with Crippen molar-refractivity contribution in [2.45, 2.75) is 26.9 Å². The number of halogens is 2. The van der Waals surface area contributed by atoms with Crippen molar-refractivity contribution in [3.05, 3.63) is 61.6 Å². The van der Waals surface area contributed by atoms with Crippen LogP contribution in [0.25, 0.3) is 10.9 Å². The maximum Gasteiger partial charge on any atom is 0.347 e. The lowest BCUT2D eigenvalue weighted by Crippen LogP contribution is -2.26. The van der Waals surface area contributed by atoms with Gasteiger partial charge >= 0.3 is 5.97 Å². The number of hydrogen-bond acceptors (Lipinski definition) is 7. The lowest BCUT2D eigenvalue weighted by atomic mass is 10.2. The summed E-state index contributed by atoms with van der Waals surface area (Å²) in [6, 6.07) is 8.40. The third-order valence-electron chi connectivity index (χ3n) is 4.46. The van der Waals surface area contributed by atoms with Crippen molar-refractivity contribution in [1.82, 2.24) is 9.66 Å². The van der Waals surface area contributed by atoms with Crippen molar-refractivity contribution < 1.29 is 19.0 Å². The smallest absolute Gasteiger partial charge is 0.347 e. The van der Waals surface area contributed by atoms with Gasteiger partial charge in [0.25, 0.3) is 5.56 Å². The number of rotatable bonds is 7. The SMILES string of the molecule is CCOC(=O)[C@H](C)Oc1c(C=Nn2c(C)nc3ccc(Br)cc3c2=O)cc(Cl)cc1OC. The highest BCUT2D eigenvalue weighted by Gasteiger charge is 2.21. The lowest BCUT2D eigenvalue weighted by molar-refractivity contribution is -0.150. The molecule has 1 heterocycles. The molecule has 168 valence electrons. The molecule has 0 saturated carbocycles. The predicted octanol–water partition coefficient (Wildman–Crippen LogP) is 4.34. The van der Waals surface area contributed by atoms with Crippen molar-refractivity contribution in [3.63, 3.8) is 0 Å². The van der Waals surface area contributed by atoms with Gasteiger partial charge in [-0.2, -0.15) is 9.78 Å². The normalized spacial score (nSPS) is 12.2. The summed E-state index contributed by atoms with van der Waals surface area (Å²) >= 11 is 9.58. The van der Waals surface area contributed by atoms with Crippen LogP contribution in [0.4, 0.5) is 0 Å². The number of aromatic nitrogens is 2. The molecule has 8 nitrogen and oxygen atoms in total. The zero-order chi connectivity index (χ0) is 23.4. The molecule has 0 aliphatic carbocycles. The van der Waals surface area contributed by atoms with Crippen LogP contribution in [0.1, 0.15) is 25.2 Å². The topological polar surface area (TPSA) is 92.0 Å². The maximum absolute atomic E-state index is 13.0. The number of methoxy groups -OCH3 is 1. The van der Waals surface area contributed by atoms with Crippen molar-refractivity contribution >= 4 is 50.6 Å². The first-order valence-corrected chi connectivity index (χ1v) is 10.9. The third kappa shape index (κ3) is 5.11.